The molecule has 6 nitrogen and oxygen atoms in total. The first-order valence-electron chi connectivity index (χ1n) is 9.42. The molecule has 1 aliphatic heterocycles. The average molecular weight is 445 g/mol. The Bertz CT molecular complexity index is 1050. The molecule has 0 spiro atoms. The number of alkyl halides is 3. The first kappa shape index (κ1) is 21.3. The minimum absolute atomic E-state index is 0.0107. The Hall–Kier alpha value is -2.89. The lowest BCUT2D eigenvalue weighted by Gasteiger charge is -2.36. The molecule has 0 radical (unpaired) electrons. The molecule has 31 heavy (non-hydrogen) atoms. The van der Waals surface area contributed by atoms with Gasteiger partial charge in [-0.15, -0.1) is 10.2 Å². The topological polar surface area (TPSA) is 77.0 Å². The van der Waals surface area contributed by atoms with Gasteiger partial charge in [0.15, 0.2) is 17.5 Å². The third kappa shape index (κ3) is 3.80. The molecule has 0 saturated carbocycles. The zero-order valence-electron chi connectivity index (χ0n) is 15.9. The molecule has 0 saturated heterocycles. The van der Waals surface area contributed by atoms with Crippen LogP contribution in [0.3, 0.4) is 0 Å². The van der Waals surface area contributed by atoms with Crippen molar-refractivity contribution in [3.63, 3.8) is 0 Å². The molecule has 1 aromatic heterocycles. The van der Waals surface area contributed by atoms with E-state index in [4.69, 9.17) is 5.73 Å². The van der Waals surface area contributed by atoms with Gasteiger partial charge in [0.25, 0.3) is 0 Å². The fourth-order valence-electron chi connectivity index (χ4n) is 4.08. The molecular weight excluding hydrogens is 428 g/mol. The van der Waals surface area contributed by atoms with Gasteiger partial charge < -0.3 is 15.2 Å². The lowest BCUT2D eigenvalue weighted by atomic mass is 9.77. The Kier molecular flexibility index (Phi) is 5.28. The van der Waals surface area contributed by atoms with Crippen LogP contribution in [0.25, 0.3) is 0 Å². The summed E-state index contributed by atoms with van der Waals surface area (Å²) in [5.74, 6) is -6.82. The minimum Gasteiger partial charge on any atom is -0.333 e. The smallest absolute Gasteiger partial charge is 0.333 e. The summed E-state index contributed by atoms with van der Waals surface area (Å²) in [5, 5.41) is 6.71. The summed E-state index contributed by atoms with van der Waals surface area (Å²) in [7, 11) is 0. The maximum Gasteiger partial charge on any atom is 0.451 e. The van der Waals surface area contributed by atoms with Crippen molar-refractivity contribution in [2.75, 3.05) is 6.54 Å². The standard InChI is InChI=1S/C19H17F6N5O/c20-12-7-14(22)13(21)6-11(12)9-2-1-3-10(16(9)26)17(31)29-4-5-30-15(8-29)27-28-18(30)19(23,24)25/h1,3,6-7,9-10,16H,2,4-5,8,26H2/t9-,10?,16+/m1/s1. The number of fused-ring (bicyclic) bond motifs is 1. The van der Waals surface area contributed by atoms with Crippen molar-refractivity contribution in [3.8, 4) is 0 Å². The fourth-order valence-corrected chi connectivity index (χ4v) is 4.08. The molecule has 3 atom stereocenters. The lowest BCUT2D eigenvalue weighted by Crippen LogP contribution is -2.49. The van der Waals surface area contributed by atoms with Gasteiger partial charge in [-0.25, -0.2) is 13.2 Å². The fraction of sp³-hybridized carbons (Fsp3) is 0.421. The summed E-state index contributed by atoms with van der Waals surface area (Å²) in [5.41, 5.74) is 6.07. The molecule has 1 aliphatic carbocycles. The van der Waals surface area contributed by atoms with Gasteiger partial charge in [0.05, 0.1) is 12.5 Å². The van der Waals surface area contributed by atoms with Crippen LogP contribution in [-0.4, -0.2) is 38.2 Å². The van der Waals surface area contributed by atoms with Gasteiger partial charge >= 0.3 is 6.18 Å². The number of hydrogen-bond acceptors (Lipinski definition) is 4. The quantitative estimate of drug-likeness (QED) is 0.438. The Labute approximate surface area is 172 Å². The zero-order chi connectivity index (χ0) is 22.5. The lowest BCUT2D eigenvalue weighted by molar-refractivity contribution is -0.148. The molecule has 0 bridgehead atoms. The van der Waals surface area contributed by atoms with Crippen LogP contribution in [0.1, 0.15) is 29.6 Å². The molecule has 2 aliphatic rings. The van der Waals surface area contributed by atoms with E-state index in [1.54, 1.807) is 12.2 Å². The van der Waals surface area contributed by atoms with Crippen molar-refractivity contribution >= 4 is 5.91 Å². The molecule has 166 valence electrons. The second-order valence-electron chi connectivity index (χ2n) is 7.51. The van der Waals surface area contributed by atoms with E-state index < -0.39 is 53.2 Å². The van der Waals surface area contributed by atoms with Crippen molar-refractivity contribution in [3.05, 3.63) is 58.9 Å². The van der Waals surface area contributed by atoms with Crippen LogP contribution in [0, 0.1) is 23.4 Å². The molecule has 0 fully saturated rings. The molecule has 12 heteroatoms. The van der Waals surface area contributed by atoms with Gasteiger partial charge in [0.2, 0.25) is 11.7 Å². The van der Waals surface area contributed by atoms with Crippen molar-refractivity contribution in [2.45, 2.75) is 37.6 Å². The number of hydrogen-bond donors (Lipinski definition) is 1. The van der Waals surface area contributed by atoms with Gasteiger partial charge in [-0.1, -0.05) is 12.2 Å². The summed E-state index contributed by atoms with van der Waals surface area (Å²) < 4.78 is 81.0. The summed E-state index contributed by atoms with van der Waals surface area (Å²) in [6.07, 6.45) is -1.29. The van der Waals surface area contributed by atoms with Crippen LogP contribution in [-0.2, 0) is 24.1 Å². The van der Waals surface area contributed by atoms with Crippen LogP contribution in [0.2, 0.25) is 0 Å². The molecule has 2 heterocycles. The zero-order valence-corrected chi connectivity index (χ0v) is 15.9. The number of rotatable bonds is 2. The number of carbonyl (C=O) groups excluding carboxylic acids is 1. The first-order chi connectivity index (χ1) is 14.6. The van der Waals surface area contributed by atoms with Gasteiger partial charge in [0, 0.05) is 31.1 Å². The Morgan fingerprint density at radius 2 is 1.77 bits per heavy atom. The largest absolute Gasteiger partial charge is 0.451 e. The Balaban J connectivity index is 1.54. The van der Waals surface area contributed by atoms with Gasteiger partial charge in [0.1, 0.15) is 5.82 Å². The third-order valence-corrected chi connectivity index (χ3v) is 5.66. The van der Waals surface area contributed by atoms with E-state index in [1.807, 2.05) is 0 Å². The summed E-state index contributed by atoms with van der Waals surface area (Å²) in [4.78, 5) is 14.4. The number of allylic oxidation sites excluding steroid dienone is 1. The molecule has 2 N–H and O–H groups in total. The van der Waals surface area contributed by atoms with Crippen LogP contribution in [0.5, 0.6) is 0 Å². The predicted octanol–water partition coefficient (Wildman–Crippen LogP) is 2.74. The van der Waals surface area contributed by atoms with Crippen molar-refractivity contribution < 1.29 is 31.1 Å². The van der Waals surface area contributed by atoms with Crippen molar-refractivity contribution in [1.82, 2.24) is 19.7 Å². The highest BCUT2D eigenvalue weighted by atomic mass is 19.4. The maximum atomic E-state index is 14.2. The number of amides is 1. The van der Waals surface area contributed by atoms with E-state index in [-0.39, 0.29) is 37.4 Å². The third-order valence-electron chi connectivity index (χ3n) is 5.66. The highest BCUT2D eigenvalue weighted by molar-refractivity contribution is 5.82. The first-order valence-corrected chi connectivity index (χ1v) is 9.42. The second kappa shape index (κ2) is 7.66. The summed E-state index contributed by atoms with van der Waals surface area (Å²) in [6, 6.07) is 0.225. The van der Waals surface area contributed by atoms with Crippen molar-refractivity contribution in [1.29, 1.82) is 0 Å². The number of benzene rings is 1. The molecule has 4 rings (SSSR count). The second-order valence-corrected chi connectivity index (χ2v) is 7.51. The number of halogens is 6. The normalized spacial score (nSPS) is 23.7. The predicted molar refractivity (Wildman–Crippen MR) is 94.7 cm³/mol. The molecule has 1 amide bonds. The van der Waals surface area contributed by atoms with Gasteiger partial charge in [-0.3, -0.25) is 4.79 Å². The van der Waals surface area contributed by atoms with Crippen LogP contribution >= 0.6 is 0 Å². The number of carbonyl (C=O) groups is 1. The van der Waals surface area contributed by atoms with E-state index in [0.717, 1.165) is 10.6 Å². The van der Waals surface area contributed by atoms with Crippen LogP contribution < -0.4 is 5.73 Å². The number of nitrogens with zero attached hydrogens (tertiary/aromatic N) is 4. The SMILES string of the molecule is N[C@@H]1C(C(=O)N2CCn3c(nnc3C(F)(F)F)C2)C=CC[C@@H]1c1cc(F)c(F)cc1F. The van der Waals surface area contributed by atoms with Crippen LogP contribution in [0.15, 0.2) is 24.3 Å². The van der Waals surface area contributed by atoms with Crippen LogP contribution in [0.4, 0.5) is 26.3 Å². The molecule has 1 unspecified atom stereocenters. The molecule has 2 aromatic rings. The maximum absolute atomic E-state index is 14.2. The average Bonchev–Trinajstić information content (AvgIpc) is 3.14. The Morgan fingerprint density at radius 1 is 1.06 bits per heavy atom. The summed E-state index contributed by atoms with van der Waals surface area (Å²) >= 11 is 0. The minimum atomic E-state index is -4.66. The van der Waals surface area contributed by atoms with E-state index in [2.05, 4.69) is 10.2 Å². The summed E-state index contributed by atoms with van der Waals surface area (Å²) in [6.45, 7) is -0.354. The number of nitrogens with two attached hydrogens (primary N) is 1. The highest BCUT2D eigenvalue weighted by Gasteiger charge is 2.41. The molecule has 1 aromatic carbocycles. The van der Waals surface area contributed by atoms with E-state index >= 15 is 0 Å². The van der Waals surface area contributed by atoms with E-state index in [1.165, 1.54) is 4.90 Å². The van der Waals surface area contributed by atoms with Crippen molar-refractivity contribution in [2.24, 2.45) is 11.7 Å². The molecular formula is C19H17F6N5O. The van der Waals surface area contributed by atoms with Gasteiger partial charge in [-0.05, 0) is 18.1 Å². The highest BCUT2D eigenvalue weighted by Crippen LogP contribution is 2.35. The number of aromatic nitrogens is 3. The van der Waals surface area contributed by atoms with E-state index in [9.17, 15) is 31.1 Å². The van der Waals surface area contributed by atoms with E-state index in [0.29, 0.717) is 6.07 Å². The Morgan fingerprint density at radius 3 is 2.48 bits per heavy atom. The monoisotopic (exact) mass is 445 g/mol. The van der Waals surface area contributed by atoms with Gasteiger partial charge in [-0.2, -0.15) is 13.2 Å².